The molecule has 144 valence electrons. The van der Waals surface area contributed by atoms with Gasteiger partial charge < -0.3 is 15.0 Å². The number of para-hydroxylation sites is 1. The molecule has 4 aromatic rings. The number of aliphatic hydroxyl groups is 1. The molecule has 1 unspecified atom stereocenters. The third-order valence-electron chi connectivity index (χ3n) is 5.46. The fourth-order valence-electron chi connectivity index (χ4n) is 4.04. The number of nitrogens with zero attached hydrogens (tertiary/aromatic N) is 1. The number of hydrogen-bond acceptors (Lipinski definition) is 2. The highest BCUT2D eigenvalue weighted by Crippen LogP contribution is 2.47. The van der Waals surface area contributed by atoms with Gasteiger partial charge >= 0.3 is 0 Å². The number of hydrogen-bond donors (Lipinski definition) is 2. The topological polar surface area (TPSA) is 56.3 Å². The molecule has 6 heteroatoms. The molecule has 1 atom stereocenters. The lowest BCUT2D eigenvalue weighted by molar-refractivity contribution is -0.132. The van der Waals surface area contributed by atoms with Gasteiger partial charge in [0.05, 0.1) is 12.2 Å². The normalized spacial score (nSPS) is 18.4. The molecule has 1 aliphatic rings. The second kappa shape index (κ2) is 6.73. The summed E-state index contributed by atoms with van der Waals surface area (Å²) in [6.45, 7) is 0.276. The van der Waals surface area contributed by atoms with Gasteiger partial charge in [-0.05, 0) is 35.9 Å². The van der Waals surface area contributed by atoms with Crippen LogP contribution in [0.2, 0.25) is 5.02 Å². The highest BCUT2D eigenvalue weighted by atomic mass is 79.9. The maximum Gasteiger partial charge on any atom is 0.268 e. The van der Waals surface area contributed by atoms with Crippen molar-refractivity contribution in [2.75, 3.05) is 4.90 Å². The Morgan fingerprint density at radius 1 is 1.03 bits per heavy atom. The molecular formula is C23H16BrClN2O2. The zero-order chi connectivity index (χ0) is 20.2. The van der Waals surface area contributed by atoms with Crippen LogP contribution in [-0.4, -0.2) is 16.0 Å². The first-order valence-electron chi connectivity index (χ1n) is 9.14. The third kappa shape index (κ3) is 2.73. The summed E-state index contributed by atoms with van der Waals surface area (Å²) in [5.74, 6) is -0.393. The molecule has 0 fully saturated rings. The maximum absolute atomic E-state index is 13.7. The van der Waals surface area contributed by atoms with Gasteiger partial charge in [-0.3, -0.25) is 4.79 Å². The third-order valence-corrected chi connectivity index (χ3v) is 6.32. The molecular weight excluding hydrogens is 452 g/mol. The quantitative estimate of drug-likeness (QED) is 0.426. The van der Waals surface area contributed by atoms with Crippen molar-refractivity contribution in [2.45, 2.75) is 12.1 Å². The molecule has 0 saturated heterocycles. The van der Waals surface area contributed by atoms with Crippen molar-refractivity contribution in [1.29, 1.82) is 0 Å². The molecule has 1 aromatic heterocycles. The number of carbonyl (C=O) groups is 1. The van der Waals surface area contributed by atoms with Crippen molar-refractivity contribution in [1.82, 2.24) is 4.98 Å². The number of aromatic nitrogens is 1. The first-order valence-corrected chi connectivity index (χ1v) is 10.3. The van der Waals surface area contributed by atoms with Crippen LogP contribution in [0.5, 0.6) is 0 Å². The lowest BCUT2D eigenvalue weighted by atomic mass is 9.87. The van der Waals surface area contributed by atoms with Crippen LogP contribution in [-0.2, 0) is 16.9 Å². The maximum atomic E-state index is 13.7. The van der Waals surface area contributed by atoms with Crippen LogP contribution in [0.15, 0.2) is 77.4 Å². The number of carbonyl (C=O) groups excluding carboxylic acids is 1. The Kier molecular flexibility index (Phi) is 4.28. The Morgan fingerprint density at radius 3 is 2.62 bits per heavy atom. The summed E-state index contributed by atoms with van der Waals surface area (Å²) >= 11 is 9.82. The van der Waals surface area contributed by atoms with E-state index >= 15 is 0 Å². The zero-order valence-electron chi connectivity index (χ0n) is 15.2. The summed E-state index contributed by atoms with van der Waals surface area (Å²) < 4.78 is 0.793. The van der Waals surface area contributed by atoms with E-state index in [4.69, 9.17) is 11.6 Å². The molecule has 29 heavy (non-hydrogen) atoms. The van der Waals surface area contributed by atoms with E-state index in [-0.39, 0.29) is 6.54 Å². The Labute approximate surface area is 180 Å². The number of anilines is 1. The van der Waals surface area contributed by atoms with E-state index in [9.17, 15) is 9.90 Å². The average molecular weight is 468 g/mol. The molecule has 4 nitrogen and oxygen atoms in total. The number of fused-ring (bicyclic) bond motifs is 2. The van der Waals surface area contributed by atoms with Gasteiger partial charge in [-0.2, -0.15) is 0 Å². The molecule has 2 N–H and O–H groups in total. The first kappa shape index (κ1) is 18.4. The van der Waals surface area contributed by atoms with E-state index in [0.717, 1.165) is 20.9 Å². The number of nitrogens with one attached hydrogen (secondary N) is 1. The van der Waals surface area contributed by atoms with Crippen molar-refractivity contribution in [3.8, 4) is 0 Å². The molecule has 0 bridgehead atoms. The van der Waals surface area contributed by atoms with Gasteiger partial charge in [-0.25, -0.2) is 0 Å². The monoisotopic (exact) mass is 466 g/mol. The minimum Gasteiger partial charge on any atom is -0.372 e. The molecule has 0 aliphatic carbocycles. The Hall–Kier alpha value is -2.60. The molecule has 0 saturated carbocycles. The van der Waals surface area contributed by atoms with Crippen LogP contribution < -0.4 is 4.90 Å². The smallest absolute Gasteiger partial charge is 0.268 e. The van der Waals surface area contributed by atoms with Gasteiger partial charge in [-0.15, -0.1) is 0 Å². The number of rotatable bonds is 3. The summed E-state index contributed by atoms with van der Waals surface area (Å²) in [5, 5.41) is 13.2. The van der Waals surface area contributed by atoms with E-state index in [2.05, 4.69) is 20.9 Å². The van der Waals surface area contributed by atoms with Gasteiger partial charge in [0.15, 0.2) is 5.60 Å². The predicted molar refractivity (Wildman–Crippen MR) is 118 cm³/mol. The minimum absolute atomic E-state index is 0.276. The summed E-state index contributed by atoms with van der Waals surface area (Å²) in [6, 6.07) is 20.6. The van der Waals surface area contributed by atoms with Gasteiger partial charge in [0.1, 0.15) is 0 Å². The Balaban J connectivity index is 1.70. The number of benzene rings is 3. The van der Waals surface area contributed by atoms with Crippen LogP contribution in [0.4, 0.5) is 5.69 Å². The van der Waals surface area contributed by atoms with Gasteiger partial charge in [0, 0.05) is 37.7 Å². The Bertz CT molecular complexity index is 1270. The lowest BCUT2D eigenvalue weighted by Crippen LogP contribution is -2.40. The molecule has 2 heterocycles. The first-order chi connectivity index (χ1) is 14.0. The van der Waals surface area contributed by atoms with Crippen LogP contribution in [0, 0.1) is 0 Å². The van der Waals surface area contributed by atoms with E-state index in [1.165, 1.54) is 0 Å². The van der Waals surface area contributed by atoms with Gasteiger partial charge in [0.2, 0.25) is 0 Å². The molecule has 0 spiro atoms. The summed E-state index contributed by atoms with van der Waals surface area (Å²) in [5.41, 5.74) is 1.66. The fourth-order valence-corrected chi connectivity index (χ4v) is 4.60. The van der Waals surface area contributed by atoms with Crippen LogP contribution >= 0.6 is 27.5 Å². The van der Waals surface area contributed by atoms with Crippen LogP contribution in [0.25, 0.3) is 10.9 Å². The van der Waals surface area contributed by atoms with Crippen molar-refractivity contribution in [2.24, 2.45) is 0 Å². The molecule has 1 aliphatic heterocycles. The SMILES string of the molecule is O=C1N(Cc2ccccc2Cl)c2ccc(Br)cc2C1(O)c1c[nH]c2ccccc12. The highest BCUT2D eigenvalue weighted by Gasteiger charge is 2.52. The van der Waals surface area contributed by atoms with Gasteiger partial charge in [0.25, 0.3) is 5.91 Å². The highest BCUT2D eigenvalue weighted by molar-refractivity contribution is 9.10. The predicted octanol–water partition coefficient (Wildman–Crippen LogP) is 5.37. The van der Waals surface area contributed by atoms with Crippen molar-refractivity contribution < 1.29 is 9.90 Å². The van der Waals surface area contributed by atoms with Crippen molar-refractivity contribution >= 4 is 50.0 Å². The fraction of sp³-hybridized carbons (Fsp3) is 0.0870. The van der Waals surface area contributed by atoms with E-state index < -0.39 is 11.5 Å². The number of halogens is 2. The van der Waals surface area contributed by atoms with Crippen molar-refractivity contribution in [3.05, 3.63) is 99.1 Å². The number of amides is 1. The Morgan fingerprint density at radius 2 is 1.79 bits per heavy atom. The second-order valence-electron chi connectivity index (χ2n) is 7.10. The van der Waals surface area contributed by atoms with E-state index in [1.54, 1.807) is 17.2 Å². The van der Waals surface area contributed by atoms with Crippen molar-refractivity contribution in [3.63, 3.8) is 0 Å². The number of H-pyrrole nitrogens is 1. The summed E-state index contributed by atoms with van der Waals surface area (Å²) in [4.78, 5) is 18.4. The molecule has 0 radical (unpaired) electrons. The average Bonchev–Trinajstić information content (AvgIpc) is 3.24. The largest absolute Gasteiger partial charge is 0.372 e. The summed E-state index contributed by atoms with van der Waals surface area (Å²) in [7, 11) is 0. The second-order valence-corrected chi connectivity index (χ2v) is 8.43. The number of aromatic amines is 1. The van der Waals surface area contributed by atoms with Crippen LogP contribution in [0.1, 0.15) is 16.7 Å². The van der Waals surface area contributed by atoms with Crippen LogP contribution in [0.3, 0.4) is 0 Å². The minimum atomic E-state index is -1.79. The molecule has 3 aromatic carbocycles. The van der Waals surface area contributed by atoms with E-state index in [1.807, 2.05) is 60.7 Å². The summed E-state index contributed by atoms with van der Waals surface area (Å²) in [6.07, 6.45) is 1.71. The molecule has 5 rings (SSSR count). The standard InChI is InChI=1S/C23H16BrClN2O2/c24-15-9-10-21-17(11-15)23(29,18-12-26-20-8-4-2-6-16(18)20)22(28)27(21)13-14-5-1-3-7-19(14)25/h1-12,26,29H,13H2. The van der Waals surface area contributed by atoms with Gasteiger partial charge in [-0.1, -0.05) is 63.9 Å². The molecule has 1 amide bonds. The lowest BCUT2D eigenvalue weighted by Gasteiger charge is -2.23. The van der Waals surface area contributed by atoms with E-state index in [0.29, 0.717) is 21.8 Å². The zero-order valence-corrected chi connectivity index (χ0v) is 17.5.